The van der Waals surface area contributed by atoms with Crippen LogP contribution in [-0.4, -0.2) is 39.4 Å². The molecule has 1 atom stereocenters. The highest BCUT2D eigenvalue weighted by Crippen LogP contribution is 2.43. The molecule has 1 aliphatic carbocycles. The molecule has 142 valence electrons. The van der Waals surface area contributed by atoms with E-state index in [1.165, 1.54) is 24.6 Å². The predicted molar refractivity (Wildman–Crippen MR) is 97.1 cm³/mol. The summed E-state index contributed by atoms with van der Waals surface area (Å²) >= 11 is 0. The molecule has 1 saturated heterocycles. The zero-order chi connectivity index (χ0) is 18.8. The van der Waals surface area contributed by atoms with E-state index in [1.807, 2.05) is 0 Å². The van der Waals surface area contributed by atoms with Crippen molar-refractivity contribution in [2.75, 3.05) is 13.1 Å². The SMILES string of the molecule is CCC1(CNC(=O)c2cccc(S(=O)(=O)N[C@@H]3CCNC3=O)c2)CCC1. The Labute approximate surface area is 154 Å². The molecule has 0 spiro atoms. The number of carbonyl (C=O) groups is 2. The van der Waals surface area contributed by atoms with Crippen LogP contribution in [0, 0.1) is 5.41 Å². The van der Waals surface area contributed by atoms with Crippen molar-refractivity contribution in [3.63, 3.8) is 0 Å². The Bertz CT molecular complexity index is 797. The van der Waals surface area contributed by atoms with E-state index in [0.29, 0.717) is 25.1 Å². The molecule has 2 fully saturated rings. The fourth-order valence-electron chi connectivity index (χ4n) is 3.47. The summed E-state index contributed by atoms with van der Waals surface area (Å²) in [5, 5.41) is 5.52. The average molecular weight is 379 g/mol. The van der Waals surface area contributed by atoms with Crippen LogP contribution < -0.4 is 15.4 Å². The van der Waals surface area contributed by atoms with Gasteiger partial charge in [0.05, 0.1) is 4.90 Å². The van der Waals surface area contributed by atoms with E-state index in [2.05, 4.69) is 22.3 Å². The molecule has 0 aromatic heterocycles. The third-order valence-corrected chi connectivity index (χ3v) is 7.01. The first kappa shape index (κ1) is 18.8. The van der Waals surface area contributed by atoms with Crippen molar-refractivity contribution in [3.8, 4) is 0 Å². The number of hydrogen-bond donors (Lipinski definition) is 3. The molecule has 2 aliphatic rings. The Morgan fingerprint density at radius 1 is 1.35 bits per heavy atom. The second-order valence-corrected chi connectivity index (χ2v) is 8.89. The standard InChI is InChI=1S/C18H25N3O4S/c1-2-18(8-4-9-18)12-20-16(22)13-5-3-6-14(11-13)26(24,25)21-15-7-10-19-17(15)23/h3,5-6,11,15,21H,2,4,7-10,12H2,1H3,(H,19,23)(H,20,22)/t15-/m1/s1. The minimum atomic E-state index is -3.86. The maximum atomic E-state index is 12.5. The van der Waals surface area contributed by atoms with E-state index in [9.17, 15) is 18.0 Å². The molecule has 1 aromatic carbocycles. The summed E-state index contributed by atoms with van der Waals surface area (Å²) < 4.78 is 27.4. The van der Waals surface area contributed by atoms with Crippen LogP contribution in [0.3, 0.4) is 0 Å². The number of benzene rings is 1. The Balaban J connectivity index is 1.68. The molecule has 0 unspecified atom stereocenters. The van der Waals surface area contributed by atoms with Crippen molar-refractivity contribution in [1.82, 2.24) is 15.4 Å². The van der Waals surface area contributed by atoms with Gasteiger partial charge in [-0.1, -0.05) is 19.4 Å². The molecular formula is C18H25N3O4S. The van der Waals surface area contributed by atoms with E-state index in [0.717, 1.165) is 19.3 Å². The van der Waals surface area contributed by atoms with Crippen LogP contribution in [0.2, 0.25) is 0 Å². The summed E-state index contributed by atoms with van der Waals surface area (Å²) in [6.45, 7) is 3.19. The van der Waals surface area contributed by atoms with Crippen molar-refractivity contribution in [3.05, 3.63) is 29.8 Å². The highest BCUT2D eigenvalue weighted by molar-refractivity contribution is 7.89. The molecule has 2 amide bonds. The number of amides is 2. The molecular weight excluding hydrogens is 354 g/mol. The Kier molecular flexibility index (Phi) is 5.34. The lowest BCUT2D eigenvalue weighted by Gasteiger charge is -2.41. The maximum Gasteiger partial charge on any atom is 0.251 e. The topological polar surface area (TPSA) is 104 Å². The molecule has 7 nitrogen and oxygen atoms in total. The molecule has 1 saturated carbocycles. The quantitative estimate of drug-likeness (QED) is 0.661. The largest absolute Gasteiger partial charge is 0.355 e. The first-order valence-electron chi connectivity index (χ1n) is 9.04. The molecule has 3 N–H and O–H groups in total. The lowest BCUT2D eigenvalue weighted by atomic mass is 9.67. The summed E-state index contributed by atoms with van der Waals surface area (Å²) in [4.78, 5) is 24.0. The number of sulfonamides is 1. The molecule has 1 aliphatic heterocycles. The van der Waals surface area contributed by atoms with Crippen LogP contribution in [0.5, 0.6) is 0 Å². The molecule has 3 rings (SSSR count). The third kappa shape index (κ3) is 3.91. The van der Waals surface area contributed by atoms with Crippen molar-refractivity contribution in [2.24, 2.45) is 5.41 Å². The summed E-state index contributed by atoms with van der Waals surface area (Å²) in [6.07, 6.45) is 4.86. The number of rotatable bonds is 7. The van der Waals surface area contributed by atoms with Gasteiger partial charge in [-0.2, -0.15) is 4.72 Å². The molecule has 1 aromatic rings. The number of hydrogen-bond acceptors (Lipinski definition) is 4. The fourth-order valence-corrected chi connectivity index (χ4v) is 4.74. The lowest BCUT2D eigenvalue weighted by molar-refractivity contribution is -0.120. The molecule has 0 radical (unpaired) electrons. The number of nitrogens with one attached hydrogen (secondary N) is 3. The van der Waals surface area contributed by atoms with Gasteiger partial charge in [-0.3, -0.25) is 9.59 Å². The monoisotopic (exact) mass is 379 g/mol. The Hall–Kier alpha value is -1.93. The van der Waals surface area contributed by atoms with Gasteiger partial charge in [0.2, 0.25) is 15.9 Å². The van der Waals surface area contributed by atoms with E-state index in [-0.39, 0.29) is 22.1 Å². The number of carbonyl (C=O) groups excluding carboxylic acids is 2. The van der Waals surface area contributed by atoms with Crippen molar-refractivity contribution in [1.29, 1.82) is 0 Å². The summed E-state index contributed by atoms with van der Waals surface area (Å²) in [6, 6.07) is 5.14. The van der Waals surface area contributed by atoms with Gasteiger partial charge >= 0.3 is 0 Å². The van der Waals surface area contributed by atoms with Gasteiger partial charge in [0, 0.05) is 18.7 Å². The zero-order valence-electron chi connectivity index (χ0n) is 14.9. The first-order chi connectivity index (χ1) is 12.4. The second-order valence-electron chi connectivity index (χ2n) is 7.17. The highest BCUT2D eigenvalue weighted by Gasteiger charge is 2.35. The Morgan fingerprint density at radius 2 is 2.12 bits per heavy atom. The summed E-state index contributed by atoms with van der Waals surface area (Å²) in [5.74, 6) is -0.604. The first-order valence-corrected chi connectivity index (χ1v) is 10.5. The van der Waals surface area contributed by atoms with E-state index < -0.39 is 16.1 Å². The Morgan fingerprint density at radius 3 is 2.69 bits per heavy atom. The summed E-state index contributed by atoms with van der Waals surface area (Å²) in [5.41, 5.74) is 0.492. The van der Waals surface area contributed by atoms with Crippen LogP contribution in [0.15, 0.2) is 29.2 Å². The smallest absolute Gasteiger partial charge is 0.251 e. The van der Waals surface area contributed by atoms with Gasteiger partial charge in [-0.25, -0.2) is 8.42 Å². The van der Waals surface area contributed by atoms with Gasteiger partial charge in [0.15, 0.2) is 0 Å². The molecule has 26 heavy (non-hydrogen) atoms. The van der Waals surface area contributed by atoms with Gasteiger partial charge in [-0.05, 0) is 49.3 Å². The minimum Gasteiger partial charge on any atom is -0.355 e. The van der Waals surface area contributed by atoms with Gasteiger partial charge in [0.25, 0.3) is 5.91 Å². The van der Waals surface area contributed by atoms with E-state index >= 15 is 0 Å². The third-order valence-electron chi connectivity index (χ3n) is 5.54. The zero-order valence-corrected chi connectivity index (χ0v) is 15.7. The highest BCUT2D eigenvalue weighted by atomic mass is 32.2. The van der Waals surface area contributed by atoms with Crippen LogP contribution in [0.1, 0.15) is 49.4 Å². The predicted octanol–water partition coefficient (Wildman–Crippen LogP) is 1.16. The summed E-state index contributed by atoms with van der Waals surface area (Å²) in [7, 11) is -3.86. The van der Waals surface area contributed by atoms with Crippen LogP contribution in [0.25, 0.3) is 0 Å². The van der Waals surface area contributed by atoms with Crippen molar-refractivity contribution in [2.45, 2.75) is 50.0 Å². The van der Waals surface area contributed by atoms with Crippen molar-refractivity contribution < 1.29 is 18.0 Å². The molecule has 1 heterocycles. The van der Waals surface area contributed by atoms with Gasteiger partial charge < -0.3 is 10.6 Å². The average Bonchev–Trinajstić information content (AvgIpc) is 2.98. The van der Waals surface area contributed by atoms with Gasteiger partial charge in [0.1, 0.15) is 6.04 Å². The van der Waals surface area contributed by atoms with Crippen LogP contribution in [0.4, 0.5) is 0 Å². The van der Waals surface area contributed by atoms with Crippen molar-refractivity contribution >= 4 is 21.8 Å². The molecule has 0 bridgehead atoms. The maximum absolute atomic E-state index is 12.5. The minimum absolute atomic E-state index is 0.0151. The normalized spacial score (nSPS) is 21.7. The van der Waals surface area contributed by atoms with Gasteiger partial charge in [-0.15, -0.1) is 0 Å². The fraction of sp³-hybridized carbons (Fsp3) is 0.556. The van der Waals surface area contributed by atoms with E-state index in [1.54, 1.807) is 6.07 Å². The lowest BCUT2D eigenvalue weighted by Crippen LogP contribution is -2.42. The second kappa shape index (κ2) is 7.36. The van der Waals surface area contributed by atoms with Crippen LogP contribution >= 0.6 is 0 Å². The molecule has 8 heteroatoms. The van der Waals surface area contributed by atoms with E-state index in [4.69, 9.17) is 0 Å². The van der Waals surface area contributed by atoms with Crippen LogP contribution in [-0.2, 0) is 14.8 Å².